The van der Waals surface area contributed by atoms with Crippen molar-refractivity contribution in [1.82, 2.24) is 10.2 Å². The van der Waals surface area contributed by atoms with Gasteiger partial charge < -0.3 is 15.0 Å². The average molecular weight is 421 g/mol. The summed E-state index contributed by atoms with van der Waals surface area (Å²) in [6, 6.07) is 6.80. The zero-order valence-corrected chi connectivity index (χ0v) is 17.8. The van der Waals surface area contributed by atoms with E-state index in [0.29, 0.717) is 17.1 Å². The Bertz CT molecular complexity index is 761. The van der Waals surface area contributed by atoms with E-state index in [0.717, 1.165) is 25.7 Å². The van der Waals surface area contributed by atoms with Crippen LogP contribution in [-0.2, 0) is 19.1 Å². The number of esters is 1. The van der Waals surface area contributed by atoms with Crippen molar-refractivity contribution in [3.8, 4) is 0 Å². The molecule has 2 atom stereocenters. The van der Waals surface area contributed by atoms with Crippen molar-refractivity contribution < 1.29 is 19.1 Å². The lowest BCUT2D eigenvalue weighted by molar-refractivity contribution is -0.148. The molecule has 1 aliphatic carbocycles. The maximum atomic E-state index is 13.0. The number of nitrogens with zero attached hydrogens (tertiary/aromatic N) is 1. The molecular formula is C22H29ClN2O4. The van der Waals surface area contributed by atoms with Crippen LogP contribution in [0.3, 0.4) is 0 Å². The highest BCUT2D eigenvalue weighted by Gasteiger charge is 2.39. The highest BCUT2D eigenvalue weighted by Crippen LogP contribution is 2.31. The van der Waals surface area contributed by atoms with Gasteiger partial charge in [0.25, 0.3) is 0 Å². The second kappa shape index (κ2) is 9.61. The van der Waals surface area contributed by atoms with Crippen LogP contribution in [0, 0.1) is 5.92 Å². The molecule has 29 heavy (non-hydrogen) atoms. The molecule has 1 aromatic rings. The number of amides is 2. The summed E-state index contributed by atoms with van der Waals surface area (Å²) in [4.78, 5) is 39.5. The third kappa shape index (κ3) is 5.50. The van der Waals surface area contributed by atoms with E-state index in [1.165, 1.54) is 0 Å². The fourth-order valence-corrected chi connectivity index (χ4v) is 4.51. The molecule has 1 heterocycles. The summed E-state index contributed by atoms with van der Waals surface area (Å²) in [6.07, 6.45) is 4.27. The predicted octanol–water partition coefficient (Wildman–Crippen LogP) is 3.63. The number of ether oxygens (including phenoxy) is 1. The normalized spacial score (nSPS) is 20.9. The third-order valence-corrected chi connectivity index (χ3v) is 5.97. The Hall–Kier alpha value is -2.08. The lowest BCUT2D eigenvalue weighted by Gasteiger charge is -2.25. The second-order valence-corrected chi connectivity index (χ2v) is 8.62. The number of likely N-dealkylation sites (tertiary alicyclic amines) is 1. The van der Waals surface area contributed by atoms with Crippen molar-refractivity contribution in [2.75, 3.05) is 6.54 Å². The van der Waals surface area contributed by atoms with Gasteiger partial charge in [-0.25, -0.2) is 0 Å². The first kappa shape index (κ1) is 21.6. The molecule has 1 N–H and O–H groups in total. The predicted molar refractivity (Wildman–Crippen MR) is 110 cm³/mol. The van der Waals surface area contributed by atoms with E-state index in [4.69, 9.17) is 16.3 Å². The van der Waals surface area contributed by atoms with Crippen LogP contribution < -0.4 is 5.32 Å². The van der Waals surface area contributed by atoms with Crippen LogP contribution in [0.1, 0.15) is 64.0 Å². The summed E-state index contributed by atoms with van der Waals surface area (Å²) in [5.74, 6) is -0.985. The van der Waals surface area contributed by atoms with Crippen molar-refractivity contribution in [2.24, 2.45) is 5.92 Å². The number of carbonyl (C=O) groups excluding carboxylic acids is 3. The zero-order valence-electron chi connectivity index (χ0n) is 17.0. The second-order valence-electron chi connectivity index (χ2n) is 8.21. The number of hydrogen-bond donors (Lipinski definition) is 1. The highest BCUT2D eigenvalue weighted by atomic mass is 35.5. The molecule has 1 aromatic carbocycles. The maximum Gasteiger partial charge on any atom is 0.308 e. The first-order chi connectivity index (χ1) is 13.8. The fraction of sp³-hybridized carbons (Fsp3) is 0.591. The van der Waals surface area contributed by atoms with E-state index in [2.05, 4.69) is 5.32 Å². The molecule has 0 aromatic heterocycles. The molecule has 6 nitrogen and oxygen atoms in total. The summed E-state index contributed by atoms with van der Waals surface area (Å²) in [5.41, 5.74) is 0.667. The smallest absolute Gasteiger partial charge is 0.308 e. The molecule has 1 saturated carbocycles. The lowest BCUT2D eigenvalue weighted by atomic mass is 10.0. The number of nitrogens with one attached hydrogen (secondary N) is 1. The molecule has 0 radical (unpaired) electrons. The van der Waals surface area contributed by atoms with Gasteiger partial charge in [0, 0.05) is 24.0 Å². The van der Waals surface area contributed by atoms with Crippen LogP contribution in [0.15, 0.2) is 24.3 Å². The van der Waals surface area contributed by atoms with Crippen molar-refractivity contribution in [3.63, 3.8) is 0 Å². The number of benzene rings is 1. The Morgan fingerprint density at radius 2 is 1.93 bits per heavy atom. The molecule has 0 bridgehead atoms. The first-order valence-corrected chi connectivity index (χ1v) is 10.8. The van der Waals surface area contributed by atoms with Gasteiger partial charge in [0.1, 0.15) is 0 Å². The van der Waals surface area contributed by atoms with Crippen LogP contribution in [-0.4, -0.2) is 41.4 Å². The van der Waals surface area contributed by atoms with E-state index < -0.39 is 17.9 Å². The molecule has 0 spiro atoms. The quantitative estimate of drug-likeness (QED) is 0.683. The fourth-order valence-electron chi connectivity index (χ4n) is 4.24. The minimum atomic E-state index is -0.599. The highest BCUT2D eigenvalue weighted by molar-refractivity contribution is 6.31. The lowest BCUT2D eigenvalue weighted by Crippen LogP contribution is -2.38. The summed E-state index contributed by atoms with van der Waals surface area (Å²) in [6.45, 7) is 4.01. The molecule has 2 aliphatic rings. The van der Waals surface area contributed by atoms with Gasteiger partial charge in [0.05, 0.1) is 24.5 Å². The van der Waals surface area contributed by atoms with E-state index >= 15 is 0 Å². The molecule has 3 rings (SSSR count). The van der Waals surface area contributed by atoms with Crippen molar-refractivity contribution >= 4 is 29.4 Å². The van der Waals surface area contributed by atoms with Gasteiger partial charge in [-0.2, -0.15) is 0 Å². The monoisotopic (exact) mass is 420 g/mol. The van der Waals surface area contributed by atoms with Crippen molar-refractivity contribution in [2.45, 2.75) is 70.6 Å². The Morgan fingerprint density at radius 3 is 2.59 bits per heavy atom. The summed E-state index contributed by atoms with van der Waals surface area (Å²) >= 11 is 6.32. The van der Waals surface area contributed by atoms with Crippen LogP contribution in [0.4, 0.5) is 0 Å². The number of hydrogen-bond acceptors (Lipinski definition) is 4. The van der Waals surface area contributed by atoms with Gasteiger partial charge in [-0.15, -0.1) is 0 Å². The minimum absolute atomic E-state index is 0.0132. The van der Waals surface area contributed by atoms with Crippen LogP contribution in [0.2, 0.25) is 5.02 Å². The Balaban J connectivity index is 1.70. The number of carbonyl (C=O) groups is 3. The number of rotatable bonds is 7. The van der Waals surface area contributed by atoms with Crippen LogP contribution in [0.25, 0.3) is 0 Å². The third-order valence-electron chi connectivity index (χ3n) is 5.63. The SMILES string of the molecule is CC(C)OC(=O)CC(NC(=O)C1CC(=O)N(C2CCCC2)C1)c1ccccc1Cl. The van der Waals surface area contributed by atoms with Gasteiger partial charge in [0.15, 0.2) is 0 Å². The Kier molecular flexibility index (Phi) is 7.17. The molecular weight excluding hydrogens is 392 g/mol. The van der Waals surface area contributed by atoms with E-state index in [1.54, 1.807) is 32.0 Å². The maximum absolute atomic E-state index is 13.0. The number of halogens is 1. The largest absolute Gasteiger partial charge is 0.463 e. The van der Waals surface area contributed by atoms with Gasteiger partial charge in [-0.05, 0) is 38.3 Å². The summed E-state index contributed by atoms with van der Waals surface area (Å²) in [5, 5.41) is 3.43. The summed E-state index contributed by atoms with van der Waals surface area (Å²) < 4.78 is 5.26. The Morgan fingerprint density at radius 1 is 1.24 bits per heavy atom. The van der Waals surface area contributed by atoms with Crippen LogP contribution in [0.5, 0.6) is 0 Å². The van der Waals surface area contributed by atoms with Crippen molar-refractivity contribution in [3.05, 3.63) is 34.9 Å². The average Bonchev–Trinajstić information content (AvgIpc) is 3.30. The molecule has 2 unspecified atom stereocenters. The molecule has 158 valence electrons. The van der Waals surface area contributed by atoms with Gasteiger partial charge in [0.2, 0.25) is 11.8 Å². The molecule has 1 aliphatic heterocycles. The Labute approximate surface area is 176 Å². The topological polar surface area (TPSA) is 75.7 Å². The molecule has 2 amide bonds. The van der Waals surface area contributed by atoms with E-state index in [1.807, 2.05) is 11.0 Å². The minimum Gasteiger partial charge on any atom is -0.463 e. The van der Waals surface area contributed by atoms with Crippen LogP contribution >= 0.6 is 11.6 Å². The molecule has 1 saturated heterocycles. The van der Waals surface area contributed by atoms with E-state index in [9.17, 15) is 14.4 Å². The summed E-state index contributed by atoms with van der Waals surface area (Å²) in [7, 11) is 0. The molecule has 7 heteroatoms. The van der Waals surface area contributed by atoms with Gasteiger partial charge >= 0.3 is 5.97 Å². The molecule has 2 fully saturated rings. The van der Waals surface area contributed by atoms with Gasteiger partial charge in [-0.3, -0.25) is 14.4 Å². The van der Waals surface area contributed by atoms with E-state index in [-0.39, 0.29) is 36.8 Å². The standard InChI is InChI=1S/C22H29ClN2O4/c1-14(2)29-21(27)12-19(17-9-5-6-10-18(17)23)24-22(28)15-11-20(26)25(13-15)16-7-3-4-8-16/h5-6,9-10,14-16,19H,3-4,7-8,11-13H2,1-2H3,(H,24,28). The zero-order chi connectivity index (χ0) is 21.0. The van der Waals surface area contributed by atoms with Gasteiger partial charge in [-0.1, -0.05) is 42.6 Å². The first-order valence-electron chi connectivity index (χ1n) is 10.4. The van der Waals surface area contributed by atoms with Crippen molar-refractivity contribution in [1.29, 1.82) is 0 Å².